The Labute approximate surface area is 107 Å². The van der Waals surface area contributed by atoms with Crippen molar-refractivity contribution in [1.29, 1.82) is 0 Å². The van der Waals surface area contributed by atoms with E-state index >= 15 is 0 Å². The van der Waals surface area contributed by atoms with Gasteiger partial charge < -0.3 is 20.3 Å². The topological polar surface area (TPSA) is 81.8 Å². The Morgan fingerprint density at radius 2 is 2.11 bits per heavy atom. The number of anilines is 1. The van der Waals surface area contributed by atoms with E-state index in [0.717, 1.165) is 0 Å². The van der Waals surface area contributed by atoms with Crippen LogP contribution in [0.1, 0.15) is 24.2 Å². The van der Waals surface area contributed by atoms with Crippen molar-refractivity contribution in [3.05, 3.63) is 23.8 Å². The van der Waals surface area contributed by atoms with Crippen LogP contribution in [-0.2, 0) is 4.74 Å². The van der Waals surface area contributed by atoms with E-state index in [-0.39, 0.29) is 17.0 Å². The summed E-state index contributed by atoms with van der Waals surface area (Å²) in [6.07, 6.45) is 0. The van der Waals surface area contributed by atoms with Gasteiger partial charge in [0.15, 0.2) is 0 Å². The molecule has 0 heterocycles. The standard InChI is InChI=1S/C13H19NO4/c1-9(2)8-17-6-7-18-11-5-3-4-10(14)12(11)13(15)16/h3-5,9H,6-8,14H2,1-2H3,(H,15,16). The van der Waals surface area contributed by atoms with Gasteiger partial charge in [0.1, 0.15) is 17.9 Å². The highest BCUT2D eigenvalue weighted by Crippen LogP contribution is 2.24. The van der Waals surface area contributed by atoms with Gasteiger partial charge >= 0.3 is 5.97 Å². The number of carboxylic acids is 1. The number of nitrogen functional groups attached to an aromatic ring is 1. The van der Waals surface area contributed by atoms with E-state index in [9.17, 15) is 4.79 Å². The van der Waals surface area contributed by atoms with Crippen LogP contribution in [0.3, 0.4) is 0 Å². The lowest BCUT2D eigenvalue weighted by Crippen LogP contribution is -2.12. The van der Waals surface area contributed by atoms with Gasteiger partial charge in [-0.25, -0.2) is 4.79 Å². The van der Waals surface area contributed by atoms with Crippen LogP contribution in [0, 0.1) is 5.92 Å². The minimum atomic E-state index is -1.09. The molecule has 0 unspecified atom stereocenters. The maximum Gasteiger partial charge on any atom is 0.341 e. The molecule has 1 rings (SSSR count). The molecular weight excluding hydrogens is 234 g/mol. The summed E-state index contributed by atoms with van der Waals surface area (Å²) in [6, 6.07) is 4.78. The molecule has 18 heavy (non-hydrogen) atoms. The molecular formula is C13H19NO4. The third-order valence-corrected chi connectivity index (χ3v) is 2.21. The van der Waals surface area contributed by atoms with Crippen molar-refractivity contribution in [2.24, 2.45) is 5.92 Å². The fourth-order valence-electron chi connectivity index (χ4n) is 1.43. The van der Waals surface area contributed by atoms with Gasteiger partial charge in [0.25, 0.3) is 0 Å². The molecule has 5 heteroatoms. The second-order valence-electron chi connectivity index (χ2n) is 4.34. The molecule has 0 atom stereocenters. The third kappa shape index (κ3) is 4.25. The summed E-state index contributed by atoms with van der Waals surface area (Å²) < 4.78 is 10.7. The van der Waals surface area contributed by atoms with Gasteiger partial charge in [0.2, 0.25) is 0 Å². The first-order valence-corrected chi connectivity index (χ1v) is 5.84. The smallest absolute Gasteiger partial charge is 0.341 e. The molecule has 1 aromatic carbocycles. The van der Waals surface area contributed by atoms with E-state index in [1.165, 1.54) is 6.07 Å². The first kappa shape index (κ1) is 14.3. The zero-order valence-corrected chi connectivity index (χ0v) is 10.7. The summed E-state index contributed by atoms with van der Waals surface area (Å²) in [7, 11) is 0. The molecule has 5 nitrogen and oxygen atoms in total. The molecule has 3 N–H and O–H groups in total. The lowest BCUT2D eigenvalue weighted by atomic mass is 10.1. The van der Waals surface area contributed by atoms with E-state index in [0.29, 0.717) is 25.7 Å². The lowest BCUT2D eigenvalue weighted by Gasteiger charge is -2.11. The van der Waals surface area contributed by atoms with Crippen LogP contribution in [0.25, 0.3) is 0 Å². The number of hydrogen-bond acceptors (Lipinski definition) is 4. The highest BCUT2D eigenvalue weighted by atomic mass is 16.5. The predicted molar refractivity (Wildman–Crippen MR) is 69.0 cm³/mol. The highest BCUT2D eigenvalue weighted by Gasteiger charge is 2.14. The molecule has 0 spiro atoms. The van der Waals surface area contributed by atoms with Crippen LogP contribution in [-0.4, -0.2) is 30.9 Å². The SMILES string of the molecule is CC(C)COCCOc1cccc(N)c1C(=O)O. The summed E-state index contributed by atoms with van der Waals surface area (Å²) >= 11 is 0. The quantitative estimate of drug-likeness (QED) is 0.574. The van der Waals surface area contributed by atoms with E-state index in [4.69, 9.17) is 20.3 Å². The minimum Gasteiger partial charge on any atom is -0.490 e. The van der Waals surface area contributed by atoms with Gasteiger partial charge in [-0.05, 0) is 18.1 Å². The third-order valence-electron chi connectivity index (χ3n) is 2.21. The van der Waals surface area contributed by atoms with E-state index < -0.39 is 5.97 Å². The summed E-state index contributed by atoms with van der Waals surface area (Å²) in [6.45, 7) is 5.50. The maximum absolute atomic E-state index is 11.0. The van der Waals surface area contributed by atoms with Crippen molar-refractivity contribution >= 4 is 11.7 Å². The molecule has 100 valence electrons. The van der Waals surface area contributed by atoms with E-state index in [1.54, 1.807) is 12.1 Å². The van der Waals surface area contributed by atoms with E-state index in [1.807, 2.05) is 0 Å². The Bertz CT molecular complexity index is 404. The summed E-state index contributed by atoms with van der Waals surface area (Å²) in [4.78, 5) is 11.0. The average Bonchev–Trinajstić information content (AvgIpc) is 2.27. The average molecular weight is 253 g/mol. The highest BCUT2D eigenvalue weighted by molar-refractivity contribution is 5.96. The summed E-state index contributed by atoms with van der Waals surface area (Å²) in [5.74, 6) is -0.353. The van der Waals surface area contributed by atoms with Crippen molar-refractivity contribution in [3.63, 3.8) is 0 Å². The Morgan fingerprint density at radius 1 is 1.39 bits per heavy atom. The number of aromatic carboxylic acids is 1. The minimum absolute atomic E-state index is 0.00126. The van der Waals surface area contributed by atoms with Crippen molar-refractivity contribution < 1.29 is 19.4 Å². The van der Waals surface area contributed by atoms with Crippen molar-refractivity contribution in [3.8, 4) is 5.75 Å². The van der Waals surface area contributed by atoms with Gasteiger partial charge in [-0.15, -0.1) is 0 Å². The number of hydrogen-bond donors (Lipinski definition) is 2. The van der Waals surface area contributed by atoms with Gasteiger partial charge in [0, 0.05) is 12.3 Å². The van der Waals surface area contributed by atoms with Crippen molar-refractivity contribution in [1.82, 2.24) is 0 Å². The first-order valence-electron chi connectivity index (χ1n) is 5.84. The zero-order chi connectivity index (χ0) is 13.5. The number of benzene rings is 1. The monoisotopic (exact) mass is 253 g/mol. The Hall–Kier alpha value is -1.75. The molecule has 0 aliphatic carbocycles. The van der Waals surface area contributed by atoms with Crippen LogP contribution >= 0.6 is 0 Å². The van der Waals surface area contributed by atoms with Gasteiger partial charge in [-0.1, -0.05) is 19.9 Å². The van der Waals surface area contributed by atoms with Gasteiger partial charge in [-0.2, -0.15) is 0 Å². The van der Waals surface area contributed by atoms with Crippen LogP contribution in [0.15, 0.2) is 18.2 Å². The molecule has 0 bridgehead atoms. The van der Waals surface area contributed by atoms with Gasteiger partial charge in [-0.3, -0.25) is 0 Å². The fourth-order valence-corrected chi connectivity index (χ4v) is 1.43. The molecule has 0 fully saturated rings. The number of carboxylic acid groups (broad SMARTS) is 1. The molecule has 0 aromatic heterocycles. The van der Waals surface area contributed by atoms with Crippen LogP contribution in [0.4, 0.5) is 5.69 Å². The van der Waals surface area contributed by atoms with Crippen LogP contribution in [0.5, 0.6) is 5.75 Å². The Kier molecular flexibility index (Phi) is 5.45. The Morgan fingerprint density at radius 3 is 2.72 bits per heavy atom. The summed E-state index contributed by atoms with van der Waals surface area (Å²) in [5, 5.41) is 9.03. The molecule has 0 aliphatic rings. The van der Waals surface area contributed by atoms with Crippen LogP contribution in [0.2, 0.25) is 0 Å². The molecule has 0 saturated carbocycles. The predicted octanol–water partition coefficient (Wildman–Crippen LogP) is 2.02. The second-order valence-corrected chi connectivity index (χ2v) is 4.34. The largest absolute Gasteiger partial charge is 0.490 e. The van der Waals surface area contributed by atoms with Crippen molar-refractivity contribution in [2.45, 2.75) is 13.8 Å². The number of carbonyl (C=O) groups is 1. The molecule has 0 aliphatic heterocycles. The zero-order valence-electron chi connectivity index (χ0n) is 10.7. The second kappa shape index (κ2) is 6.86. The number of rotatable bonds is 7. The Balaban J connectivity index is 2.52. The number of nitrogens with two attached hydrogens (primary N) is 1. The maximum atomic E-state index is 11.0. The molecule has 1 aromatic rings. The molecule has 0 saturated heterocycles. The van der Waals surface area contributed by atoms with E-state index in [2.05, 4.69) is 13.8 Å². The van der Waals surface area contributed by atoms with Crippen LogP contribution < -0.4 is 10.5 Å². The molecule has 0 amide bonds. The lowest BCUT2D eigenvalue weighted by molar-refractivity contribution is 0.0679. The van der Waals surface area contributed by atoms with Gasteiger partial charge in [0.05, 0.1) is 6.61 Å². The summed E-state index contributed by atoms with van der Waals surface area (Å²) in [5.41, 5.74) is 5.80. The first-order chi connectivity index (χ1) is 8.52. The molecule has 0 radical (unpaired) electrons. The number of ether oxygens (including phenoxy) is 2. The normalized spacial score (nSPS) is 10.6. The van der Waals surface area contributed by atoms with Crippen molar-refractivity contribution in [2.75, 3.05) is 25.6 Å². The fraction of sp³-hybridized carbons (Fsp3) is 0.462.